The Balaban J connectivity index is 3.02. The molecule has 0 bridgehead atoms. The van der Waals surface area contributed by atoms with E-state index in [0.29, 0.717) is 12.1 Å². The van der Waals surface area contributed by atoms with E-state index in [1.807, 2.05) is 0 Å². The van der Waals surface area contributed by atoms with Crippen molar-refractivity contribution in [3.8, 4) is 0 Å². The van der Waals surface area contributed by atoms with Crippen LogP contribution in [0.25, 0.3) is 0 Å². The Bertz CT molecular complexity index is 685. The van der Waals surface area contributed by atoms with E-state index in [4.69, 9.17) is 11.5 Å². The van der Waals surface area contributed by atoms with Gasteiger partial charge in [-0.2, -0.15) is 26.3 Å². The maximum absolute atomic E-state index is 14.0. The summed E-state index contributed by atoms with van der Waals surface area (Å²) in [5.41, 5.74) is 4.83. The Kier molecular flexibility index (Phi) is 4.44. The molecule has 0 fully saturated rings. The molecule has 0 aliphatic heterocycles. The molecule has 136 valence electrons. The summed E-state index contributed by atoms with van der Waals surface area (Å²) in [6, 6.07) is 5.68. The zero-order valence-corrected chi connectivity index (χ0v) is 13.4. The predicted octanol–water partition coefficient (Wildman–Crippen LogP) is 4.88. The van der Waals surface area contributed by atoms with Gasteiger partial charge in [0.2, 0.25) is 5.41 Å². The van der Waals surface area contributed by atoms with Crippen molar-refractivity contribution in [2.45, 2.75) is 31.6 Å². The van der Waals surface area contributed by atoms with E-state index >= 15 is 0 Å². The number of alkyl halides is 6. The number of nitrogens with two attached hydrogens (primary N) is 2. The van der Waals surface area contributed by atoms with Crippen LogP contribution in [0.5, 0.6) is 0 Å². The van der Waals surface area contributed by atoms with E-state index in [-0.39, 0.29) is 22.5 Å². The molecule has 2 rings (SSSR count). The van der Waals surface area contributed by atoms with E-state index in [2.05, 4.69) is 0 Å². The molecule has 0 atom stereocenters. The van der Waals surface area contributed by atoms with Crippen LogP contribution in [0.3, 0.4) is 0 Å². The highest BCUT2D eigenvalue weighted by molar-refractivity contribution is 5.56. The number of benzene rings is 2. The van der Waals surface area contributed by atoms with Crippen molar-refractivity contribution in [2.24, 2.45) is 0 Å². The second kappa shape index (κ2) is 5.86. The lowest BCUT2D eigenvalue weighted by molar-refractivity contribution is -0.288. The average Bonchev–Trinajstić information content (AvgIpc) is 2.32. The molecular formula is C17H16F6N2. The minimum Gasteiger partial charge on any atom is -0.399 e. The molecule has 0 radical (unpaired) electrons. The summed E-state index contributed by atoms with van der Waals surface area (Å²) < 4.78 is 83.8. The molecule has 0 aromatic heterocycles. The number of halogens is 6. The number of hydrogen-bond donors (Lipinski definition) is 2. The van der Waals surface area contributed by atoms with Crippen LogP contribution in [-0.2, 0) is 5.41 Å². The first-order valence-electron chi connectivity index (χ1n) is 7.18. The molecule has 0 saturated carbocycles. The highest BCUT2D eigenvalue weighted by atomic mass is 19.4. The summed E-state index contributed by atoms with van der Waals surface area (Å²) in [5.74, 6) is 0. The quantitative estimate of drug-likeness (QED) is 0.591. The lowest BCUT2D eigenvalue weighted by atomic mass is 9.72. The second-order valence-corrected chi connectivity index (χ2v) is 6.01. The fourth-order valence-corrected chi connectivity index (χ4v) is 3.04. The number of hydrogen-bond acceptors (Lipinski definition) is 2. The maximum atomic E-state index is 14.0. The smallest absolute Gasteiger partial charge is 0.399 e. The van der Waals surface area contributed by atoms with Crippen LogP contribution in [0.1, 0.15) is 22.3 Å². The number of rotatable bonds is 2. The average molecular weight is 362 g/mol. The first-order valence-corrected chi connectivity index (χ1v) is 7.18. The number of nitrogen functional groups attached to an aromatic ring is 2. The SMILES string of the molecule is Cc1cc(N)cc(C(c2cc(C)cc(N)c2)(C(F)(F)F)C(F)(F)F)c1. The Hall–Kier alpha value is -2.38. The third-order valence-corrected chi connectivity index (χ3v) is 3.92. The molecule has 8 heteroatoms. The summed E-state index contributed by atoms with van der Waals surface area (Å²) in [7, 11) is 0. The van der Waals surface area contributed by atoms with Crippen LogP contribution < -0.4 is 11.5 Å². The van der Waals surface area contributed by atoms with Gasteiger partial charge in [0.1, 0.15) is 0 Å². The van der Waals surface area contributed by atoms with Crippen LogP contribution in [0.2, 0.25) is 0 Å². The van der Waals surface area contributed by atoms with E-state index in [9.17, 15) is 26.3 Å². The van der Waals surface area contributed by atoms with Gasteiger partial charge in [0.25, 0.3) is 0 Å². The van der Waals surface area contributed by atoms with Gasteiger partial charge in [-0.05, 0) is 60.4 Å². The van der Waals surface area contributed by atoms with Crippen LogP contribution in [0.4, 0.5) is 37.7 Å². The highest BCUT2D eigenvalue weighted by Crippen LogP contribution is 2.56. The van der Waals surface area contributed by atoms with Gasteiger partial charge in [-0.15, -0.1) is 0 Å². The third-order valence-electron chi connectivity index (χ3n) is 3.92. The van der Waals surface area contributed by atoms with Gasteiger partial charge >= 0.3 is 12.4 Å². The van der Waals surface area contributed by atoms with Gasteiger partial charge in [0.15, 0.2) is 0 Å². The number of aryl methyl sites for hydroxylation is 2. The monoisotopic (exact) mass is 362 g/mol. The molecule has 4 N–H and O–H groups in total. The lowest BCUT2D eigenvalue weighted by Crippen LogP contribution is -2.54. The third kappa shape index (κ3) is 3.12. The Morgan fingerprint density at radius 2 is 0.920 bits per heavy atom. The van der Waals surface area contributed by atoms with Gasteiger partial charge in [-0.3, -0.25) is 0 Å². The first-order chi connectivity index (χ1) is 11.3. The molecule has 0 amide bonds. The van der Waals surface area contributed by atoms with Crippen molar-refractivity contribution in [1.82, 2.24) is 0 Å². The van der Waals surface area contributed by atoms with E-state index < -0.39 is 28.9 Å². The van der Waals surface area contributed by atoms with Crippen molar-refractivity contribution >= 4 is 11.4 Å². The summed E-state index contributed by atoms with van der Waals surface area (Å²) >= 11 is 0. The Morgan fingerprint density at radius 3 is 1.16 bits per heavy atom. The minimum absolute atomic E-state index is 0.187. The zero-order chi connectivity index (χ0) is 19.2. The molecule has 25 heavy (non-hydrogen) atoms. The molecule has 2 aromatic carbocycles. The predicted molar refractivity (Wildman–Crippen MR) is 84.1 cm³/mol. The van der Waals surface area contributed by atoms with Crippen LogP contribution in [-0.4, -0.2) is 12.4 Å². The summed E-state index contributed by atoms with van der Waals surface area (Å²) in [4.78, 5) is 0. The molecule has 2 nitrogen and oxygen atoms in total. The van der Waals surface area contributed by atoms with Crippen molar-refractivity contribution in [2.75, 3.05) is 11.5 Å². The molecule has 0 spiro atoms. The van der Waals surface area contributed by atoms with Gasteiger partial charge < -0.3 is 11.5 Å². The fourth-order valence-electron chi connectivity index (χ4n) is 3.04. The van der Waals surface area contributed by atoms with Crippen LogP contribution >= 0.6 is 0 Å². The summed E-state index contributed by atoms with van der Waals surface area (Å²) in [5, 5.41) is 0. The summed E-state index contributed by atoms with van der Waals surface area (Å²) in [6.07, 6.45) is -11.3. The van der Waals surface area contributed by atoms with E-state index in [1.54, 1.807) is 0 Å². The molecule has 0 unspecified atom stereocenters. The van der Waals surface area contributed by atoms with Crippen molar-refractivity contribution in [3.63, 3.8) is 0 Å². The van der Waals surface area contributed by atoms with Crippen LogP contribution in [0.15, 0.2) is 36.4 Å². The molecule has 0 aliphatic carbocycles. The van der Waals surface area contributed by atoms with Gasteiger partial charge in [0.05, 0.1) is 0 Å². The zero-order valence-electron chi connectivity index (χ0n) is 13.4. The Labute approximate surface area is 140 Å². The van der Waals surface area contributed by atoms with Gasteiger partial charge in [-0.25, -0.2) is 0 Å². The molecule has 2 aromatic rings. The van der Waals surface area contributed by atoms with Crippen molar-refractivity contribution < 1.29 is 26.3 Å². The molecule has 0 saturated heterocycles. The highest BCUT2D eigenvalue weighted by Gasteiger charge is 2.72. The summed E-state index contributed by atoms with van der Waals surface area (Å²) in [6.45, 7) is 2.75. The second-order valence-electron chi connectivity index (χ2n) is 6.01. The molecular weight excluding hydrogens is 346 g/mol. The minimum atomic E-state index is -5.66. The van der Waals surface area contributed by atoms with Gasteiger partial charge in [0, 0.05) is 11.4 Å². The fraction of sp³-hybridized carbons (Fsp3) is 0.294. The normalized spacial score (nSPS) is 13.1. The van der Waals surface area contributed by atoms with Gasteiger partial charge in [-0.1, -0.05) is 12.1 Å². The van der Waals surface area contributed by atoms with Crippen molar-refractivity contribution in [3.05, 3.63) is 58.7 Å². The maximum Gasteiger partial charge on any atom is 0.411 e. The van der Waals surface area contributed by atoms with Crippen LogP contribution in [0, 0.1) is 13.8 Å². The largest absolute Gasteiger partial charge is 0.411 e. The molecule has 0 heterocycles. The standard InChI is InChI=1S/C17H16F6N2/c1-9-3-11(7-13(24)5-9)15(16(18,19)20,17(21,22)23)12-4-10(2)6-14(25)8-12/h3-8H,24-25H2,1-2H3. The first kappa shape index (κ1) is 19.0. The molecule has 0 aliphatic rings. The number of anilines is 2. The van der Waals surface area contributed by atoms with E-state index in [1.165, 1.54) is 26.0 Å². The van der Waals surface area contributed by atoms with Crippen molar-refractivity contribution in [1.29, 1.82) is 0 Å². The topological polar surface area (TPSA) is 52.0 Å². The Morgan fingerprint density at radius 1 is 0.600 bits per heavy atom. The lowest BCUT2D eigenvalue weighted by Gasteiger charge is -2.38. The van der Waals surface area contributed by atoms with E-state index in [0.717, 1.165) is 12.1 Å².